The van der Waals surface area contributed by atoms with Crippen LogP contribution in [0, 0.1) is 11.8 Å². The van der Waals surface area contributed by atoms with Gasteiger partial charge in [-0.1, -0.05) is 18.2 Å². The van der Waals surface area contributed by atoms with Crippen LogP contribution in [0.1, 0.15) is 31.2 Å². The molecule has 0 saturated heterocycles. The molecule has 0 unspecified atom stereocenters. The number of ether oxygens (including phenoxy) is 1. The Morgan fingerprint density at radius 1 is 1.29 bits per heavy atom. The molecule has 1 aromatic carbocycles. The average molecular weight is 290 g/mol. The third-order valence-electron chi connectivity index (χ3n) is 4.40. The van der Waals surface area contributed by atoms with Gasteiger partial charge in [-0.2, -0.15) is 0 Å². The van der Waals surface area contributed by atoms with E-state index in [2.05, 4.69) is 5.32 Å². The van der Waals surface area contributed by atoms with Gasteiger partial charge in [0, 0.05) is 18.7 Å². The van der Waals surface area contributed by atoms with Crippen LogP contribution < -0.4 is 11.1 Å². The monoisotopic (exact) mass is 290 g/mol. The Bertz CT molecular complexity index is 454. The number of carbonyl (C=O) groups is 1. The SMILES string of the molecule is COCCc1ccccc1NC(=O)C1CCC(CN)CC1. The van der Waals surface area contributed by atoms with Gasteiger partial charge in [0.15, 0.2) is 0 Å². The van der Waals surface area contributed by atoms with E-state index >= 15 is 0 Å². The van der Waals surface area contributed by atoms with E-state index in [-0.39, 0.29) is 11.8 Å². The summed E-state index contributed by atoms with van der Waals surface area (Å²) in [6.45, 7) is 1.41. The van der Waals surface area contributed by atoms with Crippen LogP contribution in [0.3, 0.4) is 0 Å². The Morgan fingerprint density at radius 2 is 2.00 bits per heavy atom. The van der Waals surface area contributed by atoms with E-state index in [1.165, 1.54) is 0 Å². The van der Waals surface area contributed by atoms with E-state index in [4.69, 9.17) is 10.5 Å². The number of methoxy groups -OCH3 is 1. The van der Waals surface area contributed by atoms with Gasteiger partial charge in [-0.05, 0) is 56.2 Å². The molecule has 1 aliphatic carbocycles. The predicted octanol–water partition coefficient (Wildman–Crippen LogP) is 2.58. The fourth-order valence-corrected chi connectivity index (χ4v) is 2.97. The maximum Gasteiger partial charge on any atom is 0.227 e. The Kier molecular flexibility index (Phi) is 6.21. The zero-order valence-electron chi connectivity index (χ0n) is 12.8. The number of carbonyl (C=O) groups excluding carboxylic acids is 1. The molecule has 4 nitrogen and oxygen atoms in total. The number of rotatable bonds is 6. The summed E-state index contributed by atoms with van der Waals surface area (Å²) in [5.74, 6) is 0.877. The normalized spacial score (nSPS) is 22.0. The molecular formula is C17H26N2O2. The average Bonchev–Trinajstić information content (AvgIpc) is 2.54. The van der Waals surface area contributed by atoms with Crippen LogP contribution in [0.25, 0.3) is 0 Å². The number of amides is 1. The molecule has 0 aliphatic heterocycles. The lowest BCUT2D eigenvalue weighted by atomic mass is 9.81. The number of nitrogens with one attached hydrogen (secondary N) is 1. The Labute approximate surface area is 127 Å². The van der Waals surface area contributed by atoms with Gasteiger partial charge in [0.05, 0.1) is 6.61 Å². The molecule has 21 heavy (non-hydrogen) atoms. The first-order valence-corrected chi connectivity index (χ1v) is 7.82. The molecule has 1 fully saturated rings. The first-order valence-electron chi connectivity index (χ1n) is 7.82. The summed E-state index contributed by atoms with van der Waals surface area (Å²) in [4.78, 5) is 12.4. The molecule has 3 N–H and O–H groups in total. The highest BCUT2D eigenvalue weighted by atomic mass is 16.5. The molecule has 1 aliphatic rings. The Balaban J connectivity index is 1.93. The first kappa shape index (κ1) is 16.0. The van der Waals surface area contributed by atoms with E-state index in [1.807, 2.05) is 24.3 Å². The van der Waals surface area contributed by atoms with Gasteiger partial charge in [-0.3, -0.25) is 4.79 Å². The molecule has 4 heteroatoms. The van der Waals surface area contributed by atoms with Crippen LogP contribution in [-0.2, 0) is 16.0 Å². The number of hydrogen-bond acceptors (Lipinski definition) is 3. The van der Waals surface area contributed by atoms with Crippen molar-refractivity contribution in [2.75, 3.05) is 25.6 Å². The van der Waals surface area contributed by atoms with E-state index < -0.39 is 0 Å². The fourth-order valence-electron chi connectivity index (χ4n) is 2.97. The van der Waals surface area contributed by atoms with Crippen molar-refractivity contribution in [2.45, 2.75) is 32.1 Å². The first-order chi connectivity index (χ1) is 10.2. The smallest absolute Gasteiger partial charge is 0.227 e. The van der Waals surface area contributed by atoms with Gasteiger partial charge >= 0.3 is 0 Å². The largest absolute Gasteiger partial charge is 0.384 e. The van der Waals surface area contributed by atoms with Crippen molar-refractivity contribution >= 4 is 11.6 Å². The molecule has 0 radical (unpaired) electrons. The van der Waals surface area contributed by atoms with E-state index in [0.717, 1.165) is 49.9 Å². The summed E-state index contributed by atoms with van der Waals surface area (Å²) in [5, 5.41) is 3.10. The van der Waals surface area contributed by atoms with Crippen molar-refractivity contribution in [3.8, 4) is 0 Å². The van der Waals surface area contributed by atoms with Gasteiger partial charge in [-0.15, -0.1) is 0 Å². The summed E-state index contributed by atoms with van der Waals surface area (Å²) in [6.07, 6.45) is 4.86. The molecular weight excluding hydrogens is 264 g/mol. The van der Waals surface area contributed by atoms with E-state index in [1.54, 1.807) is 7.11 Å². The van der Waals surface area contributed by atoms with Gasteiger partial charge in [-0.25, -0.2) is 0 Å². The molecule has 1 aromatic rings. The van der Waals surface area contributed by atoms with Gasteiger partial charge in [0.25, 0.3) is 0 Å². The topological polar surface area (TPSA) is 64.3 Å². The van der Waals surface area contributed by atoms with Crippen molar-refractivity contribution in [3.05, 3.63) is 29.8 Å². The van der Waals surface area contributed by atoms with Crippen LogP contribution >= 0.6 is 0 Å². The fraction of sp³-hybridized carbons (Fsp3) is 0.588. The van der Waals surface area contributed by atoms with Gasteiger partial charge < -0.3 is 15.8 Å². The van der Waals surface area contributed by atoms with E-state index in [9.17, 15) is 4.79 Å². The highest BCUT2D eigenvalue weighted by molar-refractivity contribution is 5.93. The molecule has 0 bridgehead atoms. The van der Waals surface area contributed by atoms with Crippen LogP contribution in [0.2, 0.25) is 0 Å². The standard InChI is InChI=1S/C17H26N2O2/c1-21-11-10-14-4-2-3-5-16(14)19-17(20)15-8-6-13(12-18)7-9-15/h2-5,13,15H,6-12,18H2,1H3,(H,19,20). The molecule has 0 atom stereocenters. The molecule has 1 amide bonds. The molecule has 0 aromatic heterocycles. The summed E-state index contributed by atoms with van der Waals surface area (Å²) in [5.41, 5.74) is 7.75. The van der Waals surface area contributed by atoms with Crippen LogP contribution in [0.5, 0.6) is 0 Å². The summed E-state index contributed by atoms with van der Waals surface area (Å²) < 4.78 is 5.12. The quantitative estimate of drug-likeness (QED) is 0.846. The zero-order valence-corrected chi connectivity index (χ0v) is 12.8. The lowest BCUT2D eigenvalue weighted by Gasteiger charge is -2.27. The molecule has 0 spiro atoms. The lowest BCUT2D eigenvalue weighted by Crippen LogP contribution is -2.29. The molecule has 1 saturated carbocycles. The molecule has 0 heterocycles. The van der Waals surface area contributed by atoms with Crippen molar-refractivity contribution in [2.24, 2.45) is 17.6 Å². The summed E-state index contributed by atoms with van der Waals surface area (Å²) in [7, 11) is 1.69. The van der Waals surface area contributed by atoms with Crippen LogP contribution in [0.15, 0.2) is 24.3 Å². The van der Waals surface area contributed by atoms with Crippen LogP contribution in [0.4, 0.5) is 5.69 Å². The predicted molar refractivity (Wildman–Crippen MR) is 85.2 cm³/mol. The lowest BCUT2D eigenvalue weighted by molar-refractivity contribution is -0.121. The van der Waals surface area contributed by atoms with Gasteiger partial charge in [0.2, 0.25) is 5.91 Å². The minimum absolute atomic E-state index is 0.128. The summed E-state index contributed by atoms with van der Waals surface area (Å²) >= 11 is 0. The third kappa shape index (κ3) is 4.55. The highest BCUT2D eigenvalue weighted by Crippen LogP contribution is 2.29. The third-order valence-corrected chi connectivity index (χ3v) is 4.40. The Hall–Kier alpha value is -1.39. The second-order valence-corrected chi connectivity index (χ2v) is 5.84. The molecule has 116 valence electrons. The molecule has 2 rings (SSSR count). The maximum absolute atomic E-state index is 12.4. The second kappa shape index (κ2) is 8.15. The zero-order chi connectivity index (χ0) is 15.1. The van der Waals surface area contributed by atoms with Gasteiger partial charge in [0.1, 0.15) is 0 Å². The minimum atomic E-state index is 0.128. The van der Waals surface area contributed by atoms with Crippen molar-refractivity contribution in [3.63, 3.8) is 0 Å². The maximum atomic E-state index is 12.4. The highest BCUT2D eigenvalue weighted by Gasteiger charge is 2.25. The van der Waals surface area contributed by atoms with Crippen molar-refractivity contribution in [1.82, 2.24) is 0 Å². The Morgan fingerprint density at radius 3 is 2.67 bits per heavy atom. The van der Waals surface area contributed by atoms with Crippen LogP contribution in [-0.4, -0.2) is 26.2 Å². The minimum Gasteiger partial charge on any atom is -0.384 e. The number of para-hydroxylation sites is 1. The number of hydrogen-bond donors (Lipinski definition) is 2. The van der Waals surface area contributed by atoms with E-state index in [0.29, 0.717) is 12.5 Å². The summed E-state index contributed by atoms with van der Waals surface area (Å²) in [6, 6.07) is 7.96. The second-order valence-electron chi connectivity index (χ2n) is 5.84. The number of benzene rings is 1. The van der Waals surface area contributed by atoms with Crippen molar-refractivity contribution < 1.29 is 9.53 Å². The number of anilines is 1. The van der Waals surface area contributed by atoms with Crippen molar-refractivity contribution in [1.29, 1.82) is 0 Å². The number of nitrogens with two attached hydrogens (primary N) is 1.